The molecular weight excluding hydrogens is 300 g/mol. The number of rotatable bonds is 4. The monoisotopic (exact) mass is 320 g/mol. The van der Waals surface area contributed by atoms with Crippen molar-refractivity contribution in [1.82, 2.24) is 5.32 Å². The van der Waals surface area contributed by atoms with Crippen molar-refractivity contribution in [1.29, 1.82) is 0 Å². The predicted octanol–water partition coefficient (Wildman–Crippen LogP) is 2.79. The van der Waals surface area contributed by atoms with Gasteiger partial charge in [-0.1, -0.05) is 48.5 Å². The maximum absolute atomic E-state index is 12.8. The first-order chi connectivity index (χ1) is 11.7. The van der Waals surface area contributed by atoms with Gasteiger partial charge in [0, 0.05) is 24.7 Å². The zero-order valence-corrected chi connectivity index (χ0v) is 13.6. The van der Waals surface area contributed by atoms with Crippen molar-refractivity contribution in [3.8, 4) is 0 Å². The minimum absolute atomic E-state index is 0.116. The molecule has 2 amide bonds. The fourth-order valence-electron chi connectivity index (χ4n) is 2.97. The lowest BCUT2D eigenvalue weighted by atomic mass is 10.1. The Morgan fingerprint density at radius 3 is 2.58 bits per heavy atom. The molecule has 1 N–H and O–H groups in total. The molecule has 4 nitrogen and oxygen atoms in total. The van der Waals surface area contributed by atoms with Crippen LogP contribution in [0.1, 0.15) is 18.1 Å². The summed E-state index contributed by atoms with van der Waals surface area (Å²) in [6, 6.07) is 16.8. The van der Waals surface area contributed by atoms with E-state index in [-0.39, 0.29) is 11.8 Å². The zero-order valence-electron chi connectivity index (χ0n) is 13.6. The quantitative estimate of drug-likeness (QED) is 0.881. The number of hydrogen-bond acceptors (Lipinski definition) is 2. The molecule has 1 unspecified atom stereocenters. The maximum Gasteiger partial charge on any atom is 0.251 e. The van der Waals surface area contributed by atoms with Gasteiger partial charge in [0.05, 0.1) is 0 Å². The van der Waals surface area contributed by atoms with Crippen LogP contribution in [0.2, 0.25) is 0 Å². The summed E-state index contributed by atoms with van der Waals surface area (Å²) in [5.74, 6) is -0.296. The van der Waals surface area contributed by atoms with Crippen molar-refractivity contribution in [2.24, 2.45) is 0 Å². The van der Waals surface area contributed by atoms with Crippen LogP contribution in [0.5, 0.6) is 0 Å². The highest BCUT2D eigenvalue weighted by atomic mass is 16.2. The largest absolute Gasteiger partial charge is 0.355 e. The predicted molar refractivity (Wildman–Crippen MR) is 95.6 cm³/mol. The number of nitrogens with zero attached hydrogens (tertiary/aromatic N) is 1. The summed E-state index contributed by atoms with van der Waals surface area (Å²) in [6.45, 7) is 2.43. The third kappa shape index (κ3) is 3.23. The van der Waals surface area contributed by atoms with Gasteiger partial charge in [0.2, 0.25) is 5.91 Å². The zero-order chi connectivity index (χ0) is 16.9. The van der Waals surface area contributed by atoms with Gasteiger partial charge in [-0.15, -0.1) is 0 Å². The third-order valence-corrected chi connectivity index (χ3v) is 4.09. The van der Waals surface area contributed by atoms with Gasteiger partial charge in [0.15, 0.2) is 0 Å². The van der Waals surface area contributed by atoms with Crippen molar-refractivity contribution in [2.75, 3.05) is 11.4 Å². The number of nitrogens with one attached hydrogen (secondary N) is 1. The molecule has 1 heterocycles. The minimum Gasteiger partial charge on any atom is -0.355 e. The van der Waals surface area contributed by atoms with Crippen LogP contribution in [0, 0.1) is 0 Å². The fraction of sp³-hybridized carbons (Fsp3) is 0.200. The Hall–Kier alpha value is -2.88. The van der Waals surface area contributed by atoms with Crippen LogP contribution >= 0.6 is 0 Å². The van der Waals surface area contributed by atoms with Gasteiger partial charge >= 0.3 is 0 Å². The molecule has 24 heavy (non-hydrogen) atoms. The van der Waals surface area contributed by atoms with E-state index in [0.717, 1.165) is 16.8 Å². The first-order valence-corrected chi connectivity index (χ1v) is 8.12. The molecule has 0 radical (unpaired) electrons. The van der Waals surface area contributed by atoms with Gasteiger partial charge in [-0.05, 0) is 30.2 Å². The molecule has 0 aromatic heterocycles. The lowest BCUT2D eigenvalue weighted by Crippen LogP contribution is -2.47. The molecule has 1 atom stereocenters. The third-order valence-electron chi connectivity index (χ3n) is 4.09. The van der Waals surface area contributed by atoms with Crippen LogP contribution in [0.4, 0.5) is 5.69 Å². The van der Waals surface area contributed by atoms with Crippen LogP contribution in [0.15, 0.2) is 60.7 Å². The molecule has 0 aliphatic carbocycles. The summed E-state index contributed by atoms with van der Waals surface area (Å²) in [7, 11) is 0. The van der Waals surface area contributed by atoms with Crippen LogP contribution < -0.4 is 10.2 Å². The van der Waals surface area contributed by atoms with E-state index >= 15 is 0 Å². The normalized spacial score (nSPS) is 16.2. The summed E-state index contributed by atoms with van der Waals surface area (Å²) in [5, 5.41) is 2.82. The summed E-state index contributed by atoms with van der Waals surface area (Å²) in [5.41, 5.74) is 2.79. The highest BCUT2D eigenvalue weighted by molar-refractivity contribution is 6.09. The summed E-state index contributed by atoms with van der Waals surface area (Å²) < 4.78 is 0. The Bertz CT molecular complexity index is 768. The van der Waals surface area contributed by atoms with Crippen LogP contribution in [0.3, 0.4) is 0 Å². The van der Waals surface area contributed by atoms with Crippen LogP contribution in [0.25, 0.3) is 6.08 Å². The van der Waals surface area contributed by atoms with Gasteiger partial charge in [0.25, 0.3) is 5.91 Å². The molecule has 2 aromatic rings. The maximum atomic E-state index is 12.8. The van der Waals surface area contributed by atoms with Crippen molar-refractivity contribution in [3.63, 3.8) is 0 Å². The molecule has 0 saturated carbocycles. The number of anilines is 1. The first-order valence-electron chi connectivity index (χ1n) is 8.12. The second-order valence-electron chi connectivity index (χ2n) is 5.70. The summed E-state index contributed by atoms with van der Waals surface area (Å²) >= 11 is 0. The van der Waals surface area contributed by atoms with Crippen LogP contribution in [-0.4, -0.2) is 24.4 Å². The second kappa shape index (κ2) is 7.13. The highest BCUT2D eigenvalue weighted by Crippen LogP contribution is 2.32. The van der Waals surface area contributed by atoms with E-state index in [4.69, 9.17) is 0 Å². The number of benzene rings is 2. The van der Waals surface area contributed by atoms with Gasteiger partial charge in [0.1, 0.15) is 6.04 Å². The molecule has 0 bridgehead atoms. The van der Waals surface area contributed by atoms with Gasteiger partial charge in [-0.25, -0.2) is 0 Å². The number of carbonyl (C=O) groups is 2. The number of amides is 2. The molecule has 0 spiro atoms. The van der Waals surface area contributed by atoms with E-state index in [1.807, 2.05) is 61.5 Å². The van der Waals surface area contributed by atoms with E-state index < -0.39 is 6.04 Å². The van der Waals surface area contributed by atoms with Crippen molar-refractivity contribution < 1.29 is 9.59 Å². The van der Waals surface area contributed by atoms with E-state index in [1.165, 1.54) is 6.08 Å². The van der Waals surface area contributed by atoms with Crippen molar-refractivity contribution >= 4 is 23.6 Å². The highest BCUT2D eigenvalue weighted by Gasteiger charge is 2.36. The van der Waals surface area contributed by atoms with E-state index in [2.05, 4.69) is 5.32 Å². The molecule has 122 valence electrons. The molecule has 1 aliphatic heterocycles. The fourth-order valence-corrected chi connectivity index (χ4v) is 2.97. The van der Waals surface area contributed by atoms with Gasteiger partial charge < -0.3 is 5.32 Å². The van der Waals surface area contributed by atoms with E-state index in [0.29, 0.717) is 13.0 Å². The average Bonchev–Trinajstić information content (AvgIpc) is 3.00. The van der Waals surface area contributed by atoms with Gasteiger partial charge in [-0.2, -0.15) is 0 Å². The molecule has 0 saturated heterocycles. The standard InChI is InChI=1S/C20H20N2O2/c1-2-21-20(24)18-14-16-10-6-7-11-17(16)22(18)19(23)13-12-15-8-4-3-5-9-15/h3-13,18H,2,14H2,1H3,(H,21,24)/b13-12-. The molecular formula is C20H20N2O2. The Labute approximate surface area is 141 Å². The minimum atomic E-state index is -0.490. The van der Waals surface area contributed by atoms with Crippen molar-refractivity contribution in [2.45, 2.75) is 19.4 Å². The number of fused-ring (bicyclic) bond motifs is 1. The number of likely N-dealkylation sites (N-methyl/N-ethyl adjacent to an activating group) is 1. The lowest BCUT2D eigenvalue weighted by molar-refractivity contribution is -0.124. The molecule has 1 aliphatic rings. The number of para-hydroxylation sites is 1. The SMILES string of the molecule is CCNC(=O)C1Cc2ccccc2N1C(=O)/C=C\c1ccccc1. The molecule has 0 fully saturated rings. The molecule has 3 rings (SSSR count). The summed E-state index contributed by atoms with van der Waals surface area (Å²) in [4.78, 5) is 26.7. The topological polar surface area (TPSA) is 49.4 Å². The van der Waals surface area contributed by atoms with Gasteiger partial charge in [-0.3, -0.25) is 14.5 Å². The second-order valence-corrected chi connectivity index (χ2v) is 5.70. The van der Waals surface area contributed by atoms with Crippen LogP contribution in [-0.2, 0) is 16.0 Å². The lowest BCUT2D eigenvalue weighted by Gasteiger charge is -2.23. The molecule has 4 heteroatoms. The first kappa shape index (κ1) is 16.0. The average molecular weight is 320 g/mol. The Kier molecular flexibility index (Phi) is 4.75. The van der Waals surface area contributed by atoms with E-state index in [9.17, 15) is 9.59 Å². The smallest absolute Gasteiger partial charge is 0.251 e. The van der Waals surface area contributed by atoms with E-state index in [1.54, 1.807) is 11.0 Å². The number of hydrogen-bond donors (Lipinski definition) is 1. The number of carbonyl (C=O) groups excluding carboxylic acids is 2. The Morgan fingerprint density at radius 2 is 1.83 bits per heavy atom. The Balaban J connectivity index is 1.88. The van der Waals surface area contributed by atoms with Crippen molar-refractivity contribution in [3.05, 3.63) is 71.8 Å². The summed E-state index contributed by atoms with van der Waals surface area (Å²) in [6.07, 6.45) is 3.86. The molecule has 2 aromatic carbocycles. The Morgan fingerprint density at radius 1 is 1.12 bits per heavy atom.